The van der Waals surface area contributed by atoms with Gasteiger partial charge in [-0.05, 0) is 31.4 Å². The number of rotatable bonds is 7. The first-order chi connectivity index (χ1) is 9.90. The van der Waals surface area contributed by atoms with Crippen LogP contribution in [-0.4, -0.2) is 23.2 Å². The molecule has 1 heterocycles. The molecule has 0 saturated carbocycles. The van der Waals surface area contributed by atoms with E-state index in [0.29, 0.717) is 17.0 Å². The molecule has 0 unspecified atom stereocenters. The zero-order chi connectivity index (χ0) is 15.5. The highest BCUT2D eigenvalue weighted by Crippen LogP contribution is 2.21. The molecular weight excluding hydrogens is 306 g/mol. The van der Waals surface area contributed by atoms with Gasteiger partial charge >= 0.3 is 0 Å². The summed E-state index contributed by atoms with van der Waals surface area (Å²) in [6.45, 7) is 6.24. The Morgan fingerprint density at radius 1 is 1.19 bits per heavy atom. The molecule has 0 radical (unpaired) electrons. The first kappa shape index (κ1) is 16.3. The van der Waals surface area contributed by atoms with Gasteiger partial charge in [-0.25, -0.2) is 13.1 Å². The average molecular weight is 327 g/mol. The van der Waals surface area contributed by atoms with Gasteiger partial charge in [0.25, 0.3) is 0 Å². The predicted molar refractivity (Wildman–Crippen MR) is 85.9 cm³/mol. The van der Waals surface area contributed by atoms with Crippen molar-refractivity contribution in [3.05, 3.63) is 18.2 Å². The van der Waals surface area contributed by atoms with Crippen LogP contribution in [0, 0.1) is 5.92 Å². The molecular formula is C14H21N3O2S2. The summed E-state index contributed by atoms with van der Waals surface area (Å²) in [7, 11) is -3.55. The van der Waals surface area contributed by atoms with Crippen molar-refractivity contribution in [1.82, 2.24) is 13.5 Å². The van der Waals surface area contributed by atoms with Crippen molar-refractivity contribution < 1.29 is 8.42 Å². The zero-order valence-electron chi connectivity index (χ0n) is 12.5. The van der Waals surface area contributed by atoms with Crippen LogP contribution in [-0.2, 0) is 10.0 Å². The van der Waals surface area contributed by atoms with Gasteiger partial charge in [0, 0.05) is 6.04 Å². The molecule has 0 bridgehead atoms. The Morgan fingerprint density at radius 3 is 2.67 bits per heavy atom. The second-order valence-electron chi connectivity index (χ2n) is 5.74. The van der Waals surface area contributed by atoms with Crippen molar-refractivity contribution in [1.29, 1.82) is 0 Å². The summed E-state index contributed by atoms with van der Waals surface area (Å²) in [5.41, 5.74) is 1.07. The summed E-state index contributed by atoms with van der Waals surface area (Å²) < 4.78 is 35.9. The lowest BCUT2D eigenvalue weighted by molar-refractivity contribution is 0.488. The smallest absolute Gasteiger partial charge is 0.208 e. The molecule has 0 fully saturated rings. The van der Waals surface area contributed by atoms with Crippen LogP contribution in [0.1, 0.15) is 40.0 Å². The van der Waals surface area contributed by atoms with Crippen LogP contribution < -0.4 is 4.72 Å². The van der Waals surface area contributed by atoms with E-state index in [0.717, 1.165) is 31.0 Å². The van der Waals surface area contributed by atoms with E-state index in [-0.39, 0.29) is 10.9 Å². The monoisotopic (exact) mass is 327 g/mol. The maximum atomic E-state index is 12.5. The first-order valence-electron chi connectivity index (χ1n) is 7.14. The third-order valence-electron chi connectivity index (χ3n) is 3.31. The molecule has 5 nitrogen and oxygen atoms in total. The minimum absolute atomic E-state index is 0.0874. The van der Waals surface area contributed by atoms with E-state index in [4.69, 9.17) is 0 Å². The van der Waals surface area contributed by atoms with Crippen molar-refractivity contribution in [2.45, 2.75) is 51.0 Å². The fourth-order valence-corrected chi connectivity index (χ4v) is 4.26. The quantitative estimate of drug-likeness (QED) is 0.848. The van der Waals surface area contributed by atoms with E-state index in [1.807, 2.05) is 6.92 Å². The molecule has 1 aromatic carbocycles. The molecule has 0 saturated heterocycles. The highest BCUT2D eigenvalue weighted by Gasteiger charge is 2.21. The minimum Gasteiger partial charge on any atom is -0.208 e. The second-order valence-corrected chi connectivity index (χ2v) is 7.95. The number of nitrogens with zero attached hydrogens (tertiary/aromatic N) is 2. The molecule has 0 aliphatic heterocycles. The van der Waals surface area contributed by atoms with E-state index >= 15 is 0 Å². The van der Waals surface area contributed by atoms with Crippen LogP contribution in [0.5, 0.6) is 0 Å². The predicted octanol–water partition coefficient (Wildman–Crippen LogP) is 3.18. The second kappa shape index (κ2) is 6.81. The van der Waals surface area contributed by atoms with Gasteiger partial charge < -0.3 is 0 Å². The van der Waals surface area contributed by atoms with Gasteiger partial charge in [-0.2, -0.15) is 8.75 Å². The summed E-state index contributed by atoms with van der Waals surface area (Å²) in [5.74, 6) is 0.642. The van der Waals surface area contributed by atoms with E-state index in [1.165, 1.54) is 0 Å². The molecule has 2 aromatic rings. The van der Waals surface area contributed by atoms with Crippen LogP contribution >= 0.6 is 11.7 Å². The summed E-state index contributed by atoms with van der Waals surface area (Å²) in [4.78, 5) is 0.212. The number of hydrogen-bond donors (Lipinski definition) is 1. The number of aromatic nitrogens is 2. The Kier molecular flexibility index (Phi) is 5.29. The Morgan fingerprint density at radius 2 is 1.95 bits per heavy atom. The van der Waals surface area contributed by atoms with E-state index < -0.39 is 10.0 Å². The Hall–Kier alpha value is -1.05. The average Bonchev–Trinajstić information content (AvgIpc) is 2.85. The van der Waals surface area contributed by atoms with Crippen LogP contribution in [0.3, 0.4) is 0 Å². The molecule has 1 N–H and O–H groups in total. The van der Waals surface area contributed by atoms with Crippen LogP contribution in [0.4, 0.5) is 0 Å². The molecule has 0 amide bonds. The lowest BCUT2D eigenvalue weighted by Gasteiger charge is -2.15. The highest BCUT2D eigenvalue weighted by molar-refractivity contribution is 7.89. The summed E-state index contributed by atoms with van der Waals surface area (Å²) in [6.07, 6.45) is 2.96. The molecule has 2 rings (SSSR count). The van der Waals surface area contributed by atoms with Crippen molar-refractivity contribution >= 4 is 32.8 Å². The normalized spacial score (nSPS) is 13.9. The highest BCUT2D eigenvalue weighted by atomic mass is 32.2. The maximum absolute atomic E-state index is 12.5. The standard InChI is InChI=1S/C14H21N3O2S2/c1-10(2)6-4-7-11(3)17-21(18,19)13-9-5-8-12-14(13)16-20-15-12/h5,8-11,17H,4,6-7H2,1-3H3/t11-/m0/s1. The summed E-state index contributed by atoms with van der Waals surface area (Å²) in [5, 5.41) is 0. The molecule has 7 heteroatoms. The lowest BCUT2D eigenvalue weighted by Crippen LogP contribution is -2.32. The fourth-order valence-electron chi connectivity index (χ4n) is 2.22. The summed E-state index contributed by atoms with van der Waals surface area (Å²) in [6, 6.07) is 4.95. The third-order valence-corrected chi connectivity index (χ3v) is 5.48. The van der Waals surface area contributed by atoms with Crippen LogP contribution in [0.25, 0.3) is 11.0 Å². The number of sulfonamides is 1. The first-order valence-corrected chi connectivity index (χ1v) is 9.35. The number of nitrogens with one attached hydrogen (secondary N) is 1. The van der Waals surface area contributed by atoms with Crippen molar-refractivity contribution in [3.8, 4) is 0 Å². The maximum Gasteiger partial charge on any atom is 0.243 e. The molecule has 0 spiro atoms. The van der Waals surface area contributed by atoms with Crippen molar-refractivity contribution in [3.63, 3.8) is 0 Å². The fraction of sp³-hybridized carbons (Fsp3) is 0.571. The molecule has 0 aliphatic carbocycles. The Labute approximate surface area is 130 Å². The minimum atomic E-state index is -3.55. The number of benzene rings is 1. The van der Waals surface area contributed by atoms with Crippen molar-refractivity contribution in [2.24, 2.45) is 5.92 Å². The Bertz CT molecular complexity index is 695. The molecule has 0 aliphatic rings. The van der Waals surface area contributed by atoms with E-state index in [9.17, 15) is 8.42 Å². The van der Waals surface area contributed by atoms with Gasteiger partial charge in [-0.3, -0.25) is 0 Å². The van der Waals surface area contributed by atoms with E-state index in [1.54, 1.807) is 18.2 Å². The largest absolute Gasteiger partial charge is 0.243 e. The number of fused-ring (bicyclic) bond motifs is 1. The molecule has 21 heavy (non-hydrogen) atoms. The van der Waals surface area contributed by atoms with Crippen LogP contribution in [0.15, 0.2) is 23.1 Å². The van der Waals surface area contributed by atoms with Gasteiger partial charge in [0.2, 0.25) is 10.0 Å². The Balaban J connectivity index is 2.10. The van der Waals surface area contributed by atoms with Gasteiger partial charge in [0.05, 0.1) is 11.7 Å². The van der Waals surface area contributed by atoms with Crippen molar-refractivity contribution in [2.75, 3.05) is 0 Å². The lowest BCUT2D eigenvalue weighted by atomic mass is 10.0. The topological polar surface area (TPSA) is 72.0 Å². The number of hydrogen-bond acceptors (Lipinski definition) is 5. The van der Waals surface area contributed by atoms with Gasteiger partial charge in [-0.15, -0.1) is 0 Å². The third kappa shape index (κ3) is 4.21. The van der Waals surface area contributed by atoms with Gasteiger partial charge in [-0.1, -0.05) is 32.8 Å². The van der Waals surface area contributed by atoms with Crippen LogP contribution in [0.2, 0.25) is 0 Å². The molecule has 1 aromatic heterocycles. The van der Waals surface area contributed by atoms with Gasteiger partial charge in [0.1, 0.15) is 15.9 Å². The van der Waals surface area contributed by atoms with E-state index in [2.05, 4.69) is 27.3 Å². The SMILES string of the molecule is CC(C)CCC[C@H](C)NS(=O)(=O)c1cccc2nsnc12. The summed E-state index contributed by atoms with van der Waals surface area (Å²) >= 11 is 1.03. The van der Waals surface area contributed by atoms with Gasteiger partial charge in [0.15, 0.2) is 0 Å². The zero-order valence-corrected chi connectivity index (χ0v) is 14.2. The molecule has 116 valence electrons. The molecule has 1 atom stereocenters.